The Morgan fingerprint density at radius 2 is 1.94 bits per heavy atom. The fraction of sp³-hybridized carbons (Fsp3) is 0.625. The Bertz CT molecular complexity index is 414. The van der Waals surface area contributed by atoms with Crippen molar-refractivity contribution in [3.8, 4) is 0 Å². The molecular weight excluding hydrogens is 208 g/mol. The van der Waals surface area contributed by atoms with Gasteiger partial charge >= 0.3 is 0 Å². The van der Waals surface area contributed by atoms with Gasteiger partial charge in [0.1, 0.15) is 0 Å². The van der Waals surface area contributed by atoms with E-state index >= 15 is 0 Å². The van der Waals surface area contributed by atoms with Gasteiger partial charge in [0.15, 0.2) is 0 Å². The summed E-state index contributed by atoms with van der Waals surface area (Å²) in [5, 5.41) is 10.4. The Morgan fingerprint density at radius 1 is 1.24 bits per heavy atom. The first kappa shape index (κ1) is 11.3. The molecule has 0 heterocycles. The highest BCUT2D eigenvalue weighted by Gasteiger charge is 2.55. The summed E-state index contributed by atoms with van der Waals surface area (Å²) in [6, 6.07) is 6.55. The first-order valence-electron chi connectivity index (χ1n) is 6.91. The molecule has 3 atom stereocenters. The first-order chi connectivity index (χ1) is 8.16. The highest BCUT2D eigenvalue weighted by Crippen LogP contribution is 2.59. The topological polar surface area (TPSA) is 20.2 Å². The molecule has 1 heteroatoms. The number of fused-ring (bicyclic) bond motifs is 1. The van der Waals surface area contributed by atoms with Gasteiger partial charge in [-0.3, -0.25) is 0 Å². The zero-order valence-electron chi connectivity index (χ0n) is 10.8. The molecule has 1 nitrogen and oxygen atoms in total. The Morgan fingerprint density at radius 3 is 2.65 bits per heavy atom. The smallest absolute Gasteiger partial charge is 0.0614 e. The van der Waals surface area contributed by atoms with Crippen LogP contribution < -0.4 is 0 Å². The Labute approximate surface area is 104 Å². The summed E-state index contributed by atoms with van der Waals surface area (Å²) in [6.07, 6.45) is 4.86. The van der Waals surface area contributed by atoms with Crippen LogP contribution in [0, 0.1) is 31.6 Å². The second kappa shape index (κ2) is 4.13. The molecule has 2 aliphatic carbocycles. The van der Waals surface area contributed by atoms with Crippen LogP contribution >= 0.6 is 0 Å². The molecule has 0 aromatic heterocycles. The average Bonchev–Trinajstić information content (AvgIpc) is 2.78. The van der Waals surface area contributed by atoms with Gasteiger partial charge in [-0.15, -0.1) is 0 Å². The molecule has 2 fully saturated rings. The van der Waals surface area contributed by atoms with Crippen molar-refractivity contribution in [2.75, 3.05) is 0 Å². The van der Waals surface area contributed by atoms with Crippen molar-refractivity contribution in [1.29, 1.82) is 0 Å². The zero-order valence-corrected chi connectivity index (χ0v) is 10.8. The molecule has 3 unspecified atom stereocenters. The molecule has 0 spiro atoms. The average molecular weight is 230 g/mol. The van der Waals surface area contributed by atoms with Crippen molar-refractivity contribution in [3.63, 3.8) is 0 Å². The summed E-state index contributed by atoms with van der Waals surface area (Å²) >= 11 is 0. The largest absolute Gasteiger partial charge is 0.392 e. The Balaban J connectivity index is 1.68. The van der Waals surface area contributed by atoms with Gasteiger partial charge in [0.05, 0.1) is 6.10 Å². The SMILES string of the molecule is Cc1ccc(C)c(CC(O)C2C3CCCC32)c1. The molecule has 3 rings (SSSR count). The lowest BCUT2D eigenvalue weighted by Crippen LogP contribution is -2.17. The predicted molar refractivity (Wildman–Crippen MR) is 69.9 cm³/mol. The van der Waals surface area contributed by atoms with Crippen LogP contribution in [0.15, 0.2) is 18.2 Å². The molecule has 2 saturated carbocycles. The van der Waals surface area contributed by atoms with Crippen molar-refractivity contribution in [2.24, 2.45) is 17.8 Å². The summed E-state index contributed by atoms with van der Waals surface area (Å²) in [7, 11) is 0. The summed E-state index contributed by atoms with van der Waals surface area (Å²) in [5.74, 6) is 2.33. The number of rotatable bonds is 3. The van der Waals surface area contributed by atoms with Gasteiger partial charge < -0.3 is 5.11 Å². The van der Waals surface area contributed by atoms with Gasteiger partial charge in [-0.05, 0) is 62.0 Å². The molecule has 92 valence electrons. The molecule has 0 bridgehead atoms. The minimum Gasteiger partial charge on any atom is -0.392 e. The van der Waals surface area contributed by atoms with E-state index in [1.165, 1.54) is 36.0 Å². The minimum absolute atomic E-state index is 0.106. The molecular formula is C16H22O. The number of aliphatic hydroxyl groups is 1. The molecule has 0 saturated heterocycles. The molecule has 0 radical (unpaired) electrons. The van der Waals surface area contributed by atoms with Crippen LogP contribution in [0.4, 0.5) is 0 Å². The monoisotopic (exact) mass is 230 g/mol. The normalized spacial score (nSPS) is 32.3. The first-order valence-corrected chi connectivity index (χ1v) is 6.91. The summed E-state index contributed by atoms with van der Waals surface area (Å²) in [6.45, 7) is 4.27. The highest BCUT2D eigenvalue weighted by atomic mass is 16.3. The lowest BCUT2D eigenvalue weighted by molar-refractivity contribution is 0.135. The number of aliphatic hydroxyl groups excluding tert-OH is 1. The zero-order chi connectivity index (χ0) is 12.0. The van der Waals surface area contributed by atoms with Gasteiger partial charge in [-0.1, -0.05) is 30.2 Å². The Kier molecular flexibility index (Phi) is 2.74. The van der Waals surface area contributed by atoms with Crippen LogP contribution in [-0.4, -0.2) is 11.2 Å². The van der Waals surface area contributed by atoms with E-state index in [0.29, 0.717) is 5.92 Å². The summed E-state index contributed by atoms with van der Waals surface area (Å²) < 4.78 is 0. The van der Waals surface area contributed by atoms with Crippen molar-refractivity contribution in [3.05, 3.63) is 34.9 Å². The molecule has 1 aromatic carbocycles. The minimum atomic E-state index is -0.106. The Hall–Kier alpha value is -0.820. The van der Waals surface area contributed by atoms with Gasteiger partial charge in [0, 0.05) is 0 Å². The van der Waals surface area contributed by atoms with Crippen LogP contribution in [0.3, 0.4) is 0 Å². The second-order valence-electron chi connectivity index (χ2n) is 6.04. The number of hydrogen-bond donors (Lipinski definition) is 1. The van der Waals surface area contributed by atoms with Crippen molar-refractivity contribution in [1.82, 2.24) is 0 Å². The fourth-order valence-corrected chi connectivity index (χ4v) is 3.83. The number of benzene rings is 1. The summed E-state index contributed by atoms with van der Waals surface area (Å²) in [5.41, 5.74) is 3.96. The quantitative estimate of drug-likeness (QED) is 0.845. The van der Waals surface area contributed by atoms with Crippen molar-refractivity contribution < 1.29 is 5.11 Å². The maximum Gasteiger partial charge on any atom is 0.0614 e. The molecule has 17 heavy (non-hydrogen) atoms. The highest BCUT2D eigenvalue weighted by molar-refractivity contribution is 5.31. The molecule has 1 aromatic rings. The number of hydrogen-bond acceptors (Lipinski definition) is 1. The third-order valence-corrected chi connectivity index (χ3v) is 4.85. The van der Waals surface area contributed by atoms with E-state index in [9.17, 15) is 5.11 Å². The lowest BCUT2D eigenvalue weighted by atomic mass is 9.96. The van der Waals surface area contributed by atoms with Gasteiger partial charge in [-0.2, -0.15) is 0 Å². The molecule has 0 amide bonds. The maximum atomic E-state index is 10.4. The van der Waals surface area contributed by atoms with Crippen LogP contribution in [0.5, 0.6) is 0 Å². The van der Waals surface area contributed by atoms with Crippen LogP contribution in [-0.2, 0) is 6.42 Å². The fourth-order valence-electron chi connectivity index (χ4n) is 3.83. The van der Waals surface area contributed by atoms with Crippen LogP contribution in [0.25, 0.3) is 0 Å². The summed E-state index contributed by atoms with van der Waals surface area (Å²) in [4.78, 5) is 0. The van der Waals surface area contributed by atoms with E-state index in [1.807, 2.05) is 0 Å². The predicted octanol–water partition coefficient (Wildman–Crippen LogP) is 3.25. The molecule has 0 aliphatic heterocycles. The van der Waals surface area contributed by atoms with Gasteiger partial charge in [-0.25, -0.2) is 0 Å². The van der Waals surface area contributed by atoms with Gasteiger partial charge in [0.2, 0.25) is 0 Å². The van der Waals surface area contributed by atoms with E-state index in [1.54, 1.807) is 0 Å². The second-order valence-corrected chi connectivity index (χ2v) is 6.04. The van der Waals surface area contributed by atoms with E-state index in [2.05, 4.69) is 32.0 Å². The molecule has 1 N–H and O–H groups in total. The van der Waals surface area contributed by atoms with Crippen LogP contribution in [0.1, 0.15) is 36.0 Å². The van der Waals surface area contributed by atoms with Crippen molar-refractivity contribution >= 4 is 0 Å². The number of aryl methyl sites for hydroxylation is 2. The van der Waals surface area contributed by atoms with E-state index < -0.39 is 0 Å². The molecule has 2 aliphatic rings. The van der Waals surface area contributed by atoms with Crippen molar-refractivity contribution in [2.45, 2.75) is 45.6 Å². The lowest BCUT2D eigenvalue weighted by Gasteiger charge is -2.14. The van der Waals surface area contributed by atoms with Gasteiger partial charge in [0.25, 0.3) is 0 Å². The maximum absolute atomic E-state index is 10.4. The van der Waals surface area contributed by atoms with E-state index in [0.717, 1.165) is 18.3 Å². The third-order valence-electron chi connectivity index (χ3n) is 4.85. The van der Waals surface area contributed by atoms with Crippen LogP contribution in [0.2, 0.25) is 0 Å². The van der Waals surface area contributed by atoms with E-state index in [-0.39, 0.29) is 6.10 Å². The standard InChI is InChI=1S/C16H22O/c1-10-6-7-11(2)12(8-10)9-15(17)16-13-4-3-5-14(13)16/h6-8,13-17H,3-5,9H2,1-2H3. The van der Waals surface area contributed by atoms with E-state index in [4.69, 9.17) is 0 Å². The third kappa shape index (κ3) is 2.01.